The molecule has 2 atom stereocenters. The Balaban J connectivity index is 1.72. The number of urea groups is 1. The van der Waals surface area contributed by atoms with Crippen molar-refractivity contribution in [2.75, 3.05) is 31.8 Å². The number of nitrogens with zero attached hydrogens (tertiary/aromatic N) is 1. The van der Waals surface area contributed by atoms with Gasteiger partial charge in [0.15, 0.2) is 0 Å². The van der Waals surface area contributed by atoms with Crippen LogP contribution < -0.4 is 20.3 Å². The molecule has 0 spiro atoms. The van der Waals surface area contributed by atoms with E-state index < -0.39 is 29.9 Å². The molecule has 3 amide bonds. The van der Waals surface area contributed by atoms with Gasteiger partial charge in [-0.3, -0.25) is 9.59 Å². The third kappa shape index (κ3) is 4.84. The maximum absolute atomic E-state index is 12.7. The van der Waals surface area contributed by atoms with E-state index in [4.69, 9.17) is 14.2 Å². The minimum atomic E-state index is -0.686. The molecule has 10 nitrogen and oxygen atoms in total. The standard InChI is InChI=1S/C22H27N3O7/c1-5-31-21(28)19-13(3)23-22(29)24-15(19)11-32-20(27)14-9-18(26)25(10-14)16-8-12(2)6-7-17(16)30-4/h6-8,13-14H,5,9-11H2,1-4H3,(H2,23,24,29)/t13-,14+/m1/s1. The predicted molar refractivity (Wildman–Crippen MR) is 114 cm³/mol. The van der Waals surface area contributed by atoms with Gasteiger partial charge in [-0.2, -0.15) is 0 Å². The number of hydrogen-bond acceptors (Lipinski definition) is 7. The highest BCUT2D eigenvalue weighted by atomic mass is 16.5. The lowest BCUT2D eigenvalue weighted by molar-refractivity contribution is -0.147. The lowest BCUT2D eigenvalue weighted by Crippen LogP contribution is -2.50. The zero-order valence-electron chi connectivity index (χ0n) is 18.5. The molecule has 1 saturated heterocycles. The van der Waals surface area contributed by atoms with E-state index in [1.54, 1.807) is 19.9 Å². The van der Waals surface area contributed by atoms with Gasteiger partial charge in [0.25, 0.3) is 0 Å². The van der Waals surface area contributed by atoms with Crippen molar-refractivity contribution in [3.05, 3.63) is 35.0 Å². The van der Waals surface area contributed by atoms with Gasteiger partial charge in [-0.25, -0.2) is 9.59 Å². The minimum Gasteiger partial charge on any atom is -0.495 e. The summed E-state index contributed by atoms with van der Waals surface area (Å²) in [5, 5.41) is 5.08. The van der Waals surface area contributed by atoms with Crippen LogP contribution in [0.25, 0.3) is 0 Å². The third-order valence-electron chi connectivity index (χ3n) is 5.31. The van der Waals surface area contributed by atoms with Crippen molar-refractivity contribution in [3.63, 3.8) is 0 Å². The zero-order chi connectivity index (χ0) is 23.4. The molecular formula is C22H27N3O7. The van der Waals surface area contributed by atoms with E-state index >= 15 is 0 Å². The smallest absolute Gasteiger partial charge is 0.338 e. The highest BCUT2D eigenvalue weighted by Gasteiger charge is 2.38. The van der Waals surface area contributed by atoms with Gasteiger partial charge in [0.05, 0.1) is 42.6 Å². The lowest BCUT2D eigenvalue weighted by atomic mass is 10.0. The van der Waals surface area contributed by atoms with E-state index in [1.807, 2.05) is 19.1 Å². The molecule has 0 radical (unpaired) electrons. The Bertz CT molecular complexity index is 972. The summed E-state index contributed by atoms with van der Waals surface area (Å²) in [6, 6.07) is 4.36. The van der Waals surface area contributed by atoms with E-state index in [9.17, 15) is 19.2 Å². The molecule has 0 bridgehead atoms. The number of benzene rings is 1. The second-order valence-electron chi connectivity index (χ2n) is 7.62. The second kappa shape index (κ2) is 9.71. The SMILES string of the molecule is CCOC(=O)C1=C(COC(=O)[C@H]2CC(=O)N(c3cc(C)ccc3OC)C2)NC(=O)N[C@@H]1C. The Morgan fingerprint density at radius 2 is 1.97 bits per heavy atom. The van der Waals surface area contributed by atoms with Crippen molar-refractivity contribution in [3.8, 4) is 5.75 Å². The molecule has 2 aliphatic rings. The van der Waals surface area contributed by atoms with Gasteiger partial charge in [-0.15, -0.1) is 0 Å². The Kier molecular flexibility index (Phi) is 7.01. The van der Waals surface area contributed by atoms with Gasteiger partial charge in [0.1, 0.15) is 12.4 Å². The average Bonchev–Trinajstić information content (AvgIpc) is 3.13. The van der Waals surface area contributed by atoms with E-state index in [2.05, 4.69) is 10.6 Å². The largest absolute Gasteiger partial charge is 0.495 e. The predicted octanol–water partition coefficient (Wildman–Crippen LogP) is 1.42. The van der Waals surface area contributed by atoms with E-state index in [1.165, 1.54) is 12.0 Å². The van der Waals surface area contributed by atoms with Crippen LogP contribution in [0.4, 0.5) is 10.5 Å². The molecule has 10 heteroatoms. The number of hydrogen-bond donors (Lipinski definition) is 2. The van der Waals surface area contributed by atoms with Gasteiger partial charge in [-0.05, 0) is 38.5 Å². The number of rotatable bonds is 7. The number of carbonyl (C=O) groups is 4. The highest BCUT2D eigenvalue weighted by molar-refractivity contribution is 6.00. The monoisotopic (exact) mass is 445 g/mol. The first kappa shape index (κ1) is 23.1. The van der Waals surface area contributed by atoms with Crippen LogP contribution in [0.15, 0.2) is 29.5 Å². The lowest BCUT2D eigenvalue weighted by Gasteiger charge is -2.26. The summed E-state index contributed by atoms with van der Waals surface area (Å²) in [6.07, 6.45) is -0.00989. The number of anilines is 1. The van der Waals surface area contributed by atoms with Crippen molar-refractivity contribution in [2.45, 2.75) is 33.2 Å². The van der Waals surface area contributed by atoms with Crippen LogP contribution >= 0.6 is 0 Å². The molecule has 1 fully saturated rings. The number of amides is 3. The van der Waals surface area contributed by atoms with Gasteiger partial charge < -0.3 is 29.7 Å². The number of ether oxygens (including phenoxy) is 3. The van der Waals surface area contributed by atoms with Gasteiger partial charge in [-0.1, -0.05) is 6.07 Å². The van der Waals surface area contributed by atoms with Gasteiger partial charge >= 0.3 is 18.0 Å². The molecule has 172 valence electrons. The Morgan fingerprint density at radius 3 is 2.66 bits per heavy atom. The first-order chi connectivity index (χ1) is 15.2. The molecule has 2 heterocycles. The summed E-state index contributed by atoms with van der Waals surface area (Å²) < 4.78 is 15.8. The van der Waals surface area contributed by atoms with Crippen molar-refractivity contribution in [2.24, 2.45) is 5.92 Å². The van der Waals surface area contributed by atoms with Crippen LogP contribution in [-0.2, 0) is 23.9 Å². The second-order valence-corrected chi connectivity index (χ2v) is 7.62. The Hall–Kier alpha value is -3.56. The quantitative estimate of drug-likeness (QED) is 0.609. The molecule has 3 rings (SSSR count). The van der Waals surface area contributed by atoms with Gasteiger partial charge in [0, 0.05) is 13.0 Å². The maximum atomic E-state index is 12.7. The number of esters is 2. The average molecular weight is 445 g/mol. The fourth-order valence-electron chi connectivity index (χ4n) is 3.76. The van der Waals surface area contributed by atoms with Gasteiger partial charge in [0.2, 0.25) is 5.91 Å². The van der Waals surface area contributed by atoms with Crippen LogP contribution in [0.5, 0.6) is 5.75 Å². The van der Waals surface area contributed by atoms with E-state index in [0.29, 0.717) is 11.4 Å². The first-order valence-electron chi connectivity index (χ1n) is 10.3. The third-order valence-corrected chi connectivity index (χ3v) is 5.31. The molecule has 0 aliphatic carbocycles. The summed E-state index contributed by atoms with van der Waals surface area (Å²) >= 11 is 0. The van der Waals surface area contributed by atoms with Crippen LogP contribution in [0, 0.1) is 12.8 Å². The summed E-state index contributed by atoms with van der Waals surface area (Å²) in [7, 11) is 1.52. The zero-order valence-corrected chi connectivity index (χ0v) is 18.5. The number of nitrogens with one attached hydrogen (secondary N) is 2. The summed E-state index contributed by atoms with van der Waals surface area (Å²) in [6.45, 7) is 5.20. The Labute approximate surface area is 185 Å². The normalized spacial score (nSPS) is 20.6. The van der Waals surface area contributed by atoms with E-state index in [-0.39, 0.29) is 43.4 Å². The molecule has 32 heavy (non-hydrogen) atoms. The highest BCUT2D eigenvalue weighted by Crippen LogP contribution is 2.34. The molecule has 2 aliphatic heterocycles. The van der Waals surface area contributed by atoms with Crippen molar-refractivity contribution in [1.29, 1.82) is 0 Å². The fraction of sp³-hybridized carbons (Fsp3) is 0.455. The van der Waals surface area contributed by atoms with Crippen molar-refractivity contribution >= 4 is 29.6 Å². The molecule has 1 aromatic carbocycles. The number of carbonyl (C=O) groups excluding carboxylic acids is 4. The topological polar surface area (TPSA) is 123 Å². The number of methoxy groups -OCH3 is 1. The molecule has 0 saturated carbocycles. The molecule has 0 unspecified atom stereocenters. The van der Waals surface area contributed by atoms with Crippen LogP contribution in [0.3, 0.4) is 0 Å². The molecule has 0 aromatic heterocycles. The summed E-state index contributed by atoms with van der Waals surface area (Å²) in [5.41, 5.74) is 1.90. The summed E-state index contributed by atoms with van der Waals surface area (Å²) in [5.74, 6) is -1.56. The fourth-order valence-corrected chi connectivity index (χ4v) is 3.76. The Morgan fingerprint density at radius 1 is 1.22 bits per heavy atom. The molecule has 2 N–H and O–H groups in total. The minimum absolute atomic E-state index is 0.00989. The van der Waals surface area contributed by atoms with Crippen molar-refractivity contribution < 1.29 is 33.4 Å². The first-order valence-corrected chi connectivity index (χ1v) is 10.3. The van der Waals surface area contributed by atoms with Crippen LogP contribution in [0.1, 0.15) is 25.8 Å². The van der Waals surface area contributed by atoms with E-state index in [0.717, 1.165) is 5.56 Å². The van der Waals surface area contributed by atoms with Crippen LogP contribution in [-0.4, -0.2) is 56.8 Å². The van der Waals surface area contributed by atoms with Crippen LogP contribution in [0.2, 0.25) is 0 Å². The molecular weight excluding hydrogens is 418 g/mol. The number of aryl methyl sites for hydroxylation is 1. The maximum Gasteiger partial charge on any atom is 0.338 e. The summed E-state index contributed by atoms with van der Waals surface area (Å²) in [4.78, 5) is 50.9. The van der Waals surface area contributed by atoms with Crippen molar-refractivity contribution in [1.82, 2.24) is 10.6 Å². The molecule has 1 aromatic rings.